The first-order valence-corrected chi connectivity index (χ1v) is 8.08. The summed E-state index contributed by atoms with van der Waals surface area (Å²) in [5.74, 6) is -0.360. The molecule has 0 bridgehead atoms. The minimum atomic E-state index is -0.774. The molecule has 0 aliphatic carbocycles. The molecular formula is C16H16BrCl2NO. The molecule has 0 saturated heterocycles. The molecule has 0 amide bonds. The Labute approximate surface area is 143 Å². The Kier molecular flexibility index (Phi) is 5.69. The van der Waals surface area contributed by atoms with Crippen LogP contribution in [-0.4, -0.2) is 11.7 Å². The predicted molar refractivity (Wildman–Crippen MR) is 92.1 cm³/mol. The van der Waals surface area contributed by atoms with Gasteiger partial charge in [0.05, 0.1) is 6.10 Å². The van der Waals surface area contributed by atoms with E-state index >= 15 is 0 Å². The smallest absolute Gasteiger partial charge is 0.0872 e. The molecule has 0 saturated carbocycles. The maximum atomic E-state index is 10.7. The summed E-state index contributed by atoms with van der Waals surface area (Å²) >= 11 is 15.9. The summed E-state index contributed by atoms with van der Waals surface area (Å²) in [6.45, 7) is 2.24. The zero-order chi connectivity index (χ0) is 15.6. The molecule has 0 aliphatic rings. The summed E-state index contributed by atoms with van der Waals surface area (Å²) in [5, 5.41) is 11.7. The van der Waals surface area contributed by atoms with E-state index in [-0.39, 0.29) is 12.5 Å². The Hall–Kier alpha value is -0.580. The fraction of sp³-hybridized carbons (Fsp3) is 0.250. The number of benzene rings is 2. The first kappa shape index (κ1) is 16.8. The van der Waals surface area contributed by atoms with Gasteiger partial charge < -0.3 is 10.8 Å². The second-order valence-electron chi connectivity index (χ2n) is 4.93. The summed E-state index contributed by atoms with van der Waals surface area (Å²) in [4.78, 5) is 0. The maximum Gasteiger partial charge on any atom is 0.0872 e. The lowest BCUT2D eigenvalue weighted by atomic mass is 9.89. The van der Waals surface area contributed by atoms with Crippen molar-refractivity contribution in [2.45, 2.75) is 18.9 Å². The van der Waals surface area contributed by atoms with Gasteiger partial charge in [-0.2, -0.15) is 0 Å². The van der Waals surface area contributed by atoms with E-state index in [0.717, 1.165) is 15.6 Å². The quantitative estimate of drug-likeness (QED) is 0.786. The van der Waals surface area contributed by atoms with Crippen molar-refractivity contribution < 1.29 is 5.11 Å². The molecule has 2 nitrogen and oxygen atoms in total. The molecule has 2 atom stereocenters. The average Bonchev–Trinajstić information content (AvgIpc) is 2.45. The first-order valence-electron chi connectivity index (χ1n) is 6.53. The minimum Gasteiger partial charge on any atom is -0.388 e. The lowest BCUT2D eigenvalue weighted by molar-refractivity contribution is 0.147. The highest BCUT2D eigenvalue weighted by molar-refractivity contribution is 9.10. The van der Waals surface area contributed by atoms with Crippen LogP contribution in [0.3, 0.4) is 0 Å². The third-order valence-electron chi connectivity index (χ3n) is 3.54. The van der Waals surface area contributed by atoms with Crippen LogP contribution in [-0.2, 0) is 0 Å². The van der Waals surface area contributed by atoms with E-state index in [1.165, 1.54) is 0 Å². The lowest BCUT2D eigenvalue weighted by Crippen LogP contribution is -2.21. The molecule has 112 valence electrons. The summed E-state index contributed by atoms with van der Waals surface area (Å²) in [6.07, 6.45) is -0.774. The van der Waals surface area contributed by atoms with Gasteiger partial charge in [0, 0.05) is 27.0 Å². The fourth-order valence-corrected chi connectivity index (χ4v) is 3.37. The van der Waals surface area contributed by atoms with Crippen LogP contribution in [0, 0.1) is 6.92 Å². The molecule has 2 unspecified atom stereocenters. The van der Waals surface area contributed by atoms with E-state index in [2.05, 4.69) is 15.9 Å². The largest absolute Gasteiger partial charge is 0.388 e. The Morgan fingerprint density at radius 1 is 1.19 bits per heavy atom. The molecule has 2 rings (SSSR count). The van der Waals surface area contributed by atoms with Crippen molar-refractivity contribution >= 4 is 39.1 Å². The van der Waals surface area contributed by atoms with Crippen molar-refractivity contribution in [3.63, 3.8) is 0 Å². The van der Waals surface area contributed by atoms with Crippen LogP contribution in [0.5, 0.6) is 0 Å². The molecule has 5 heteroatoms. The van der Waals surface area contributed by atoms with E-state index in [1.807, 2.05) is 25.1 Å². The third kappa shape index (κ3) is 3.61. The lowest BCUT2D eigenvalue weighted by Gasteiger charge is -2.24. The molecule has 2 aromatic rings. The number of nitrogens with two attached hydrogens (primary N) is 1. The fourth-order valence-electron chi connectivity index (χ4n) is 2.29. The summed E-state index contributed by atoms with van der Waals surface area (Å²) in [5.41, 5.74) is 8.43. The van der Waals surface area contributed by atoms with E-state index in [1.54, 1.807) is 18.2 Å². The topological polar surface area (TPSA) is 46.2 Å². The normalized spacial score (nSPS) is 14.0. The molecule has 0 aliphatic heterocycles. The van der Waals surface area contributed by atoms with Crippen LogP contribution in [0.15, 0.2) is 40.9 Å². The molecule has 0 aromatic heterocycles. The van der Waals surface area contributed by atoms with Gasteiger partial charge in [0.25, 0.3) is 0 Å². The molecule has 2 aromatic carbocycles. The zero-order valence-corrected chi connectivity index (χ0v) is 14.6. The Morgan fingerprint density at radius 2 is 1.81 bits per heavy atom. The van der Waals surface area contributed by atoms with Crippen LogP contribution < -0.4 is 5.73 Å². The van der Waals surface area contributed by atoms with Crippen molar-refractivity contribution in [2.24, 2.45) is 5.73 Å². The summed E-state index contributed by atoms with van der Waals surface area (Å²) in [7, 11) is 0. The highest BCUT2D eigenvalue weighted by Crippen LogP contribution is 2.39. The van der Waals surface area contributed by atoms with Crippen LogP contribution in [0.25, 0.3) is 0 Å². The zero-order valence-electron chi connectivity index (χ0n) is 11.5. The standard InChI is InChI=1S/C16H16BrCl2NO/c1-9-5-6-10(7-12(9)17)16(21)11(8-20)15-13(18)3-2-4-14(15)19/h2-7,11,16,21H,8,20H2,1H3. The Balaban J connectivity index is 2.43. The van der Waals surface area contributed by atoms with Crippen molar-refractivity contribution in [3.05, 3.63) is 67.6 Å². The van der Waals surface area contributed by atoms with Gasteiger partial charge in [-0.25, -0.2) is 0 Å². The van der Waals surface area contributed by atoms with Gasteiger partial charge in [-0.3, -0.25) is 0 Å². The van der Waals surface area contributed by atoms with E-state index in [9.17, 15) is 5.11 Å². The number of aliphatic hydroxyl groups is 1. The van der Waals surface area contributed by atoms with E-state index in [4.69, 9.17) is 28.9 Å². The molecule has 0 heterocycles. The van der Waals surface area contributed by atoms with Crippen LogP contribution in [0.2, 0.25) is 10.0 Å². The van der Waals surface area contributed by atoms with Gasteiger partial charge in [0.15, 0.2) is 0 Å². The summed E-state index contributed by atoms with van der Waals surface area (Å²) < 4.78 is 0.945. The number of aryl methyl sites for hydroxylation is 1. The Morgan fingerprint density at radius 3 is 2.33 bits per heavy atom. The Bertz CT molecular complexity index is 628. The molecule has 0 radical (unpaired) electrons. The molecular weight excluding hydrogens is 373 g/mol. The first-order chi connectivity index (χ1) is 9.95. The van der Waals surface area contributed by atoms with Crippen molar-refractivity contribution in [3.8, 4) is 0 Å². The highest BCUT2D eigenvalue weighted by atomic mass is 79.9. The SMILES string of the molecule is Cc1ccc(C(O)C(CN)c2c(Cl)cccc2Cl)cc1Br. The van der Waals surface area contributed by atoms with E-state index < -0.39 is 6.10 Å². The number of aliphatic hydroxyl groups excluding tert-OH is 1. The van der Waals surface area contributed by atoms with Crippen LogP contribution in [0.4, 0.5) is 0 Å². The number of hydrogen-bond acceptors (Lipinski definition) is 2. The van der Waals surface area contributed by atoms with E-state index in [0.29, 0.717) is 15.6 Å². The minimum absolute atomic E-state index is 0.246. The molecule has 0 fully saturated rings. The molecule has 0 spiro atoms. The monoisotopic (exact) mass is 387 g/mol. The van der Waals surface area contributed by atoms with Gasteiger partial charge in [0.2, 0.25) is 0 Å². The predicted octanol–water partition coefficient (Wildman–Crippen LogP) is 4.84. The summed E-state index contributed by atoms with van der Waals surface area (Å²) in [6, 6.07) is 11.0. The van der Waals surface area contributed by atoms with Gasteiger partial charge in [-0.05, 0) is 41.8 Å². The van der Waals surface area contributed by atoms with Crippen LogP contribution in [0.1, 0.15) is 28.7 Å². The van der Waals surface area contributed by atoms with Crippen molar-refractivity contribution in [1.82, 2.24) is 0 Å². The average molecular weight is 389 g/mol. The number of rotatable bonds is 4. The van der Waals surface area contributed by atoms with Crippen molar-refractivity contribution in [1.29, 1.82) is 0 Å². The third-order valence-corrected chi connectivity index (χ3v) is 5.06. The number of halogens is 3. The van der Waals surface area contributed by atoms with Gasteiger partial charge >= 0.3 is 0 Å². The van der Waals surface area contributed by atoms with Gasteiger partial charge in [0.1, 0.15) is 0 Å². The highest BCUT2D eigenvalue weighted by Gasteiger charge is 2.26. The van der Waals surface area contributed by atoms with Gasteiger partial charge in [-0.15, -0.1) is 0 Å². The molecule has 21 heavy (non-hydrogen) atoms. The van der Waals surface area contributed by atoms with Crippen molar-refractivity contribution in [2.75, 3.05) is 6.54 Å². The number of hydrogen-bond donors (Lipinski definition) is 2. The second kappa shape index (κ2) is 7.12. The van der Waals surface area contributed by atoms with Crippen LogP contribution >= 0.6 is 39.1 Å². The molecule has 3 N–H and O–H groups in total. The second-order valence-corrected chi connectivity index (χ2v) is 6.60. The maximum absolute atomic E-state index is 10.7. The van der Waals surface area contributed by atoms with Gasteiger partial charge in [-0.1, -0.05) is 57.3 Å².